The zero-order valence-corrected chi connectivity index (χ0v) is 10.5. The van der Waals surface area contributed by atoms with E-state index in [9.17, 15) is 14.9 Å². The topological polar surface area (TPSA) is 110 Å². The van der Waals surface area contributed by atoms with Crippen molar-refractivity contribution in [1.82, 2.24) is 10.3 Å². The second kappa shape index (κ2) is 4.80. The van der Waals surface area contributed by atoms with Gasteiger partial charge in [0.1, 0.15) is 0 Å². The lowest BCUT2D eigenvalue weighted by atomic mass is 10.3. The van der Waals surface area contributed by atoms with Crippen molar-refractivity contribution in [2.75, 3.05) is 11.9 Å². The third-order valence-corrected chi connectivity index (χ3v) is 2.94. The van der Waals surface area contributed by atoms with Crippen molar-refractivity contribution in [2.45, 2.75) is 18.9 Å². The van der Waals surface area contributed by atoms with Crippen LogP contribution in [0.25, 0.3) is 11.1 Å². The lowest BCUT2D eigenvalue weighted by Gasteiger charge is -2.02. The molecule has 0 spiro atoms. The Morgan fingerprint density at radius 2 is 2.30 bits per heavy atom. The molecule has 8 heteroatoms. The number of carbonyl (C=O) groups is 1. The molecule has 0 radical (unpaired) electrons. The highest BCUT2D eigenvalue weighted by molar-refractivity contribution is 5.85. The van der Waals surface area contributed by atoms with E-state index in [1.54, 1.807) is 6.07 Å². The molecule has 104 valence electrons. The molecule has 1 fully saturated rings. The Morgan fingerprint density at radius 3 is 3.00 bits per heavy atom. The molecule has 8 nitrogen and oxygen atoms in total. The van der Waals surface area contributed by atoms with Crippen LogP contribution in [0, 0.1) is 10.1 Å². The molecule has 2 N–H and O–H groups in total. The smallest absolute Gasteiger partial charge is 0.298 e. The van der Waals surface area contributed by atoms with E-state index in [4.69, 9.17) is 4.42 Å². The molecule has 1 aliphatic carbocycles. The number of nitrogens with zero attached hydrogens (tertiary/aromatic N) is 2. The molecule has 0 aliphatic heterocycles. The van der Waals surface area contributed by atoms with Crippen LogP contribution in [0.2, 0.25) is 0 Å². The minimum atomic E-state index is -0.519. The molecule has 3 rings (SSSR count). The van der Waals surface area contributed by atoms with E-state index in [1.807, 2.05) is 0 Å². The number of oxazole rings is 1. The van der Waals surface area contributed by atoms with Gasteiger partial charge in [0, 0.05) is 12.1 Å². The second-order valence-corrected chi connectivity index (χ2v) is 4.60. The number of nitro benzene ring substituents is 1. The maximum Gasteiger partial charge on any atom is 0.298 e. The van der Waals surface area contributed by atoms with Gasteiger partial charge in [-0.15, -0.1) is 0 Å². The highest BCUT2D eigenvalue weighted by atomic mass is 16.6. The summed E-state index contributed by atoms with van der Waals surface area (Å²) in [5.74, 6) is -0.149. The number of anilines is 1. The first kappa shape index (κ1) is 12.4. The van der Waals surface area contributed by atoms with E-state index in [-0.39, 0.29) is 35.7 Å². The number of amides is 1. The van der Waals surface area contributed by atoms with Gasteiger partial charge in [-0.25, -0.2) is 0 Å². The Bertz CT molecular complexity index is 677. The minimum Gasteiger partial charge on any atom is -0.423 e. The summed E-state index contributed by atoms with van der Waals surface area (Å²) in [6.07, 6.45) is 2.03. The molecule has 1 aliphatic rings. The van der Waals surface area contributed by atoms with Gasteiger partial charge in [0.05, 0.1) is 11.5 Å². The lowest BCUT2D eigenvalue weighted by Crippen LogP contribution is -2.31. The van der Waals surface area contributed by atoms with Crippen LogP contribution in [0.3, 0.4) is 0 Å². The highest BCUT2D eigenvalue weighted by Gasteiger charge is 2.23. The molecular weight excluding hydrogens is 264 g/mol. The van der Waals surface area contributed by atoms with Crippen molar-refractivity contribution in [1.29, 1.82) is 0 Å². The summed E-state index contributed by atoms with van der Waals surface area (Å²) >= 11 is 0. The fourth-order valence-corrected chi connectivity index (χ4v) is 1.82. The molecule has 1 saturated carbocycles. The number of hydrogen-bond acceptors (Lipinski definition) is 6. The molecule has 0 bridgehead atoms. The largest absolute Gasteiger partial charge is 0.423 e. The third kappa shape index (κ3) is 2.53. The van der Waals surface area contributed by atoms with E-state index in [0.717, 1.165) is 12.8 Å². The predicted octanol–water partition coefficient (Wildman–Crippen LogP) is 1.43. The first-order chi connectivity index (χ1) is 9.63. The normalized spacial score (nSPS) is 14.2. The number of rotatable bonds is 5. The lowest BCUT2D eigenvalue weighted by molar-refractivity contribution is -0.383. The first-order valence-corrected chi connectivity index (χ1v) is 6.20. The van der Waals surface area contributed by atoms with Gasteiger partial charge in [0.15, 0.2) is 11.1 Å². The van der Waals surface area contributed by atoms with Crippen LogP contribution < -0.4 is 10.6 Å². The number of aromatic nitrogens is 1. The maximum atomic E-state index is 11.5. The number of benzene rings is 1. The van der Waals surface area contributed by atoms with Crippen molar-refractivity contribution in [3.63, 3.8) is 0 Å². The molecule has 1 aromatic carbocycles. The molecule has 20 heavy (non-hydrogen) atoms. The van der Waals surface area contributed by atoms with Gasteiger partial charge in [-0.05, 0) is 18.9 Å². The van der Waals surface area contributed by atoms with Crippen LogP contribution in [0.1, 0.15) is 12.8 Å². The van der Waals surface area contributed by atoms with E-state index in [1.165, 1.54) is 12.1 Å². The van der Waals surface area contributed by atoms with E-state index < -0.39 is 4.92 Å². The van der Waals surface area contributed by atoms with Gasteiger partial charge < -0.3 is 15.1 Å². The van der Waals surface area contributed by atoms with Gasteiger partial charge in [-0.1, -0.05) is 6.07 Å². The van der Waals surface area contributed by atoms with Crippen LogP contribution in [-0.2, 0) is 4.79 Å². The van der Waals surface area contributed by atoms with E-state index in [2.05, 4.69) is 15.6 Å². The fraction of sp³-hybridized carbons (Fsp3) is 0.333. The second-order valence-electron chi connectivity index (χ2n) is 4.60. The van der Waals surface area contributed by atoms with Crippen LogP contribution in [0.15, 0.2) is 22.6 Å². The van der Waals surface area contributed by atoms with Gasteiger partial charge >= 0.3 is 0 Å². The molecular formula is C12H12N4O4. The summed E-state index contributed by atoms with van der Waals surface area (Å²) < 4.78 is 5.32. The zero-order chi connectivity index (χ0) is 14.1. The van der Waals surface area contributed by atoms with E-state index >= 15 is 0 Å². The SMILES string of the molecule is O=C(CNc1nc2c([N+](=O)[O-])cccc2o1)NC1CC1. The summed E-state index contributed by atoms with van der Waals surface area (Å²) in [6.45, 7) is 0.0249. The number of fused-ring (bicyclic) bond motifs is 1. The summed E-state index contributed by atoms with van der Waals surface area (Å²) in [4.78, 5) is 25.8. The number of carbonyl (C=O) groups excluding carboxylic acids is 1. The Balaban J connectivity index is 1.73. The van der Waals surface area contributed by atoms with Crippen molar-refractivity contribution in [3.05, 3.63) is 28.3 Å². The Morgan fingerprint density at radius 1 is 1.50 bits per heavy atom. The molecule has 2 aromatic rings. The van der Waals surface area contributed by atoms with Crippen LogP contribution in [0.5, 0.6) is 0 Å². The van der Waals surface area contributed by atoms with Crippen molar-refractivity contribution >= 4 is 28.7 Å². The molecule has 0 atom stereocenters. The fourth-order valence-electron chi connectivity index (χ4n) is 1.82. The molecule has 0 unspecified atom stereocenters. The molecule has 1 amide bonds. The average molecular weight is 276 g/mol. The Kier molecular flexibility index (Phi) is 2.97. The summed E-state index contributed by atoms with van der Waals surface area (Å²) in [6, 6.07) is 4.85. The standard InChI is InChI=1S/C12H12N4O4/c17-10(14-7-4-5-7)6-13-12-15-11-8(16(18)19)2-1-3-9(11)20-12/h1-3,7H,4-6H2,(H,13,15)(H,14,17). The van der Waals surface area contributed by atoms with Gasteiger partial charge in [0.2, 0.25) is 5.91 Å². The molecule has 1 heterocycles. The van der Waals surface area contributed by atoms with Gasteiger partial charge in [0.25, 0.3) is 11.7 Å². The van der Waals surface area contributed by atoms with Gasteiger partial charge in [-0.3, -0.25) is 14.9 Å². The number of para-hydroxylation sites is 1. The number of hydrogen-bond donors (Lipinski definition) is 2. The number of non-ortho nitro benzene ring substituents is 1. The van der Waals surface area contributed by atoms with Crippen molar-refractivity contribution < 1.29 is 14.1 Å². The highest BCUT2D eigenvalue weighted by Crippen LogP contribution is 2.27. The maximum absolute atomic E-state index is 11.5. The number of nitrogens with one attached hydrogen (secondary N) is 2. The van der Waals surface area contributed by atoms with Gasteiger partial charge in [-0.2, -0.15) is 4.98 Å². The van der Waals surface area contributed by atoms with Crippen molar-refractivity contribution in [2.24, 2.45) is 0 Å². The molecule has 1 aromatic heterocycles. The molecule has 0 saturated heterocycles. The zero-order valence-electron chi connectivity index (χ0n) is 10.5. The van der Waals surface area contributed by atoms with Crippen LogP contribution in [-0.4, -0.2) is 28.4 Å². The van der Waals surface area contributed by atoms with E-state index in [0.29, 0.717) is 5.58 Å². The summed E-state index contributed by atoms with van der Waals surface area (Å²) in [5.41, 5.74) is 0.355. The first-order valence-electron chi connectivity index (χ1n) is 6.20. The predicted molar refractivity (Wildman–Crippen MR) is 70.3 cm³/mol. The minimum absolute atomic E-state index is 0.0249. The Hall–Kier alpha value is -2.64. The monoisotopic (exact) mass is 276 g/mol. The number of nitro groups is 1. The Labute approximate surface area is 113 Å². The third-order valence-electron chi connectivity index (χ3n) is 2.94. The van der Waals surface area contributed by atoms with Crippen LogP contribution >= 0.6 is 0 Å². The quantitative estimate of drug-likeness (QED) is 0.631. The summed E-state index contributed by atoms with van der Waals surface area (Å²) in [5, 5.41) is 16.4. The average Bonchev–Trinajstić information content (AvgIpc) is 3.11. The van der Waals surface area contributed by atoms with Crippen LogP contribution in [0.4, 0.5) is 11.7 Å². The summed E-state index contributed by atoms with van der Waals surface area (Å²) in [7, 11) is 0. The van der Waals surface area contributed by atoms with Crippen molar-refractivity contribution in [3.8, 4) is 0 Å².